The van der Waals surface area contributed by atoms with E-state index in [0.29, 0.717) is 28.7 Å². The van der Waals surface area contributed by atoms with Gasteiger partial charge >= 0.3 is 0 Å². The molecule has 0 radical (unpaired) electrons. The summed E-state index contributed by atoms with van der Waals surface area (Å²) in [5.74, 6) is 2.68. The highest BCUT2D eigenvalue weighted by atomic mass is 16.5. The van der Waals surface area contributed by atoms with Crippen molar-refractivity contribution in [2.45, 2.75) is 6.92 Å². The zero-order chi connectivity index (χ0) is 20.5. The van der Waals surface area contributed by atoms with Gasteiger partial charge in [0, 0.05) is 5.57 Å². The van der Waals surface area contributed by atoms with Gasteiger partial charge in [0.1, 0.15) is 5.75 Å². The van der Waals surface area contributed by atoms with Gasteiger partial charge in [-0.3, -0.25) is 0 Å². The molecule has 0 bridgehead atoms. The highest BCUT2D eigenvalue weighted by Gasteiger charge is 2.15. The van der Waals surface area contributed by atoms with Crippen LogP contribution in [0.2, 0.25) is 0 Å². The van der Waals surface area contributed by atoms with Gasteiger partial charge in [-0.2, -0.15) is 0 Å². The van der Waals surface area contributed by atoms with Crippen molar-refractivity contribution in [3.8, 4) is 23.0 Å². The number of benzene rings is 3. The van der Waals surface area contributed by atoms with Crippen LogP contribution in [-0.4, -0.2) is 20.1 Å². The van der Waals surface area contributed by atoms with E-state index in [1.54, 1.807) is 32.6 Å². The molecular weight excluding hydrogens is 366 g/mol. The maximum absolute atomic E-state index is 6.13. The van der Waals surface area contributed by atoms with Gasteiger partial charge in [-0.1, -0.05) is 42.5 Å². The van der Waals surface area contributed by atoms with Crippen LogP contribution in [0.1, 0.15) is 6.92 Å². The van der Waals surface area contributed by atoms with Gasteiger partial charge in [-0.25, -0.2) is 4.99 Å². The molecule has 0 saturated heterocycles. The zero-order valence-corrected chi connectivity index (χ0v) is 16.7. The first-order valence-electron chi connectivity index (χ1n) is 9.12. The Hall–Kier alpha value is -3.73. The van der Waals surface area contributed by atoms with Crippen molar-refractivity contribution in [1.29, 1.82) is 0 Å². The Morgan fingerprint density at radius 3 is 2.07 bits per heavy atom. The maximum Gasteiger partial charge on any atom is 0.226 e. The quantitative estimate of drug-likeness (QED) is 0.291. The second kappa shape index (κ2) is 9.99. The molecule has 5 heteroatoms. The number of methoxy groups -OCH3 is 2. The molecule has 0 N–H and O–H groups in total. The molecule has 0 aromatic heterocycles. The molecule has 0 spiro atoms. The topological polar surface area (TPSA) is 49.3 Å². The van der Waals surface area contributed by atoms with Gasteiger partial charge in [-0.05, 0) is 43.3 Å². The first-order valence-corrected chi connectivity index (χ1v) is 9.12. The number of hydrogen-bond donors (Lipinski definition) is 0. The van der Waals surface area contributed by atoms with Crippen LogP contribution in [0.15, 0.2) is 95.7 Å². The van der Waals surface area contributed by atoms with Gasteiger partial charge < -0.3 is 18.9 Å². The van der Waals surface area contributed by atoms with E-state index in [4.69, 9.17) is 18.9 Å². The van der Waals surface area contributed by atoms with Gasteiger partial charge in [0.05, 0.1) is 26.2 Å². The molecule has 0 atom stereocenters. The lowest BCUT2D eigenvalue weighted by atomic mass is 10.2. The van der Waals surface area contributed by atoms with Crippen molar-refractivity contribution in [2.24, 2.45) is 4.99 Å². The van der Waals surface area contributed by atoms with Crippen LogP contribution in [0.5, 0.6) is 23.0 Å². The Morgan fingerprint density at radius 2 is 1.41 bits per heavy atom. The molecule has 0 saturated carbocycles. The Morgan fingerprint density at radius 1 is 0.759 bits per heavy atom. The normalized spacial score (nSPS) is 11.7. The summed E-state index contributed by atoms with van der Waals surface area (Å²) in [6.07, 6.45) is 1.61. The molecule has 0 heterocycles. The fourth-order valence-corrected chi connectivity index (χ4v) is 2.56. The minimum absolute atomic E-state index is 0.388. The molecule has 0 aliphatic heterocycles. The van der Waals surface area contributed by atoms with E-state index in [1.807, 2.05) is 73.7 Å². The van der Waals surface area contributed by atoms with Crippen LogP contribution in [-0.2, 0) is 0 Å². The summed E-state index contributed by atoms with van der Waals surface area (Å²) in [6.45, 7) is 1.87. The van der Waals surface area contributed by atoms with Crippen molar-refractivity contribution in [3.63, 3.8) is 0 Å². The summed E-state index contributed by atoms with van der Waals surface area (Å²) >= 11 is 0. The minimum atomic E-state index is 0.388. The van der Waals surface area contributed by atoms with E-state index in [0.717, 1.165) is 11.4 Å². The minimum Gasteiger partial charge on any atom is -0.493 e. The number of aliphatic imine (C=N–C) groups is 1. The third kappa shape index (κ3) is 5.39. The van der Waals surface area contributed by atoms with Crippen LogP contribution < -0.4 is 18.9 Å². The highest BCUT2D eigenvalue weighted by Crippen LogP contribution is 2.37. The van der Waals surface area contributed by atoms with Crippen molar-refractivity contribution in [1.82, 2.24) is 0 Å². The molecule has 0 unspecified atom stereocenters. The first-order chi connectivity index (χ1) is 14.2. The molecule has 0 fully saturated rings. The van der Waals surface area contributed by atoms with Crippen molar-refractivity contribution >= 4 is 11.6 Å². The van der Waals surface area contributed by atoms with E-state index in [9.17, 15) is 0 Å². The molecule has 5 nitrogen and oxygen atoms in total. The molecular formula is C24H23NO4. The van der Waals surface area contributed by atoms with Gasteiger partial charge in [0.15, 0.2) is 11.5 Å². The number of ether oxygens (including phenoxy) is 4. The van der Waals surface area contributed by atoms with E-state index in [1.165, 1.54) is 0 Å². The second-order valence-electron chi connectivity index (χ2n) is 6.08. The predicted molar refractivity (Wildman–Crippen MR) is 115 cm³/mol. The predicted octanol–water partition coefficient (Wildman–Crippen LogP) is 5.80. The monoisotopic (exact) mass is 389 g/mol. The average molecular weight is 389 g/mol. The van der Waals surface area contributed by atoms with Crippen molar-refractivity contribution in [2.75, 3.05) is 14.2 Å². The second-order valence-corrected chi connectivity index (χ2v) is 6.08. The van der Waals surface area contributed by atoms with Crippen molar-refractivity contribution in [3.05, 3.63) is 90.7 Å². The summed E-state index contributed by atoms with van der Waals surface area (Å²) in [4.78, 5) is 4.65. The number of rotatable bonds is 7. The van der Waals surface area contributed by atoms with Crippen LogP contribution in [0.25, 0.3) is 0 Å². The van der Waals surface area contributed by atoms with Gasteiger partial charge in [0.2, 0.25) is 11.6 Å². The van der Waals surface area contributed by atoms with Gasteiger partial charge in [0.25, 0.3) is 0 Å². The van der Waals surface area contributed by atoms with Crippen LogP contribution >= 0.6 is 0 Å². The van der Waals surface area contributed by atoms with Crippen LogP contribution in [0.4, 0.5) is 5.69 Å². The number of nitrogens with zero attached hydrogens (tertiary/aromatic N) is 1. The Balaban J connectivity index is 1.95. The maximum atomic E-state index is 6.13. The summed E-state index contributed by atoms with van der Waals surface area (Å²) in [5.41, 5.74) is 1.47. The smallest absolute Gasteiger partial charge is 0.226 e. The van der Waals surface area contributed by atoms with Crippen LogP contribution in [0.3, 0.4) is 0 Å². The van der Waals surface area contributed by atoms with E-state index < -0.39 is 0 Å². The average Bonchev–Trinajstić information content (AvgIpc) is 2.78. The van der Waals surface area contributed by atoms with E-state index in [-0.39, 0.29) is 0 Å². The highest BCUT2D eigenvalue weighted by molar-refractivity contribution is 5.96. The molecule has 3 aromatic rings. The number of para-hydroxylation sites is 3. The van der Waals surface area contributed by atoms with E-state index in [2.05, 4.69) is 4.99 Å². The van der Waals surface area contributed by atoms with Crippen molar-refractivity contribution < 1.29 is 18.9 Å². The molecule has 3 rings (SSSR count). The lowest BCUT2D eigenvalue weighted by molar-refractivity contribution is 0.342. The number of hydrogen-bond acceptors (Lipinski definition) is 5. The Labute approximate surface area is 170 Å². The summed E-state index contributed by atoms with van der Waals surface area (Å²) in [7, 11) is 3.15. The summed E-state index contributed by atoms with van der Waals surface area (Å²) in [6, 6.07) is 24.5. The molecule has 29 heavy (non-hydrogen) atoms. The molecule has 3 aromatic carbocycles. The fraction of sp³-hybridized carbons (Fsp3) is 0.125. The summed E-state index contributed by atoms with van der Waals surface area (Å²) in [5, 5.41) is 0. The Bertz CT molecular complexity index is 982. The largest absolute Gasteiger partial charge is 0.493 e. The van der Waals surface area contributed by atoms with E-state index >= 15 is 0 Å². The third-order valence-electron chi connectivity index (χ3n) is 4.01. The lowest BCUT2D eigenvalue weighted by Crippen LogP contribution is -2.12. The molecule has 0 aliphatic carbocycles. The standard InChI is InChI=1S/C24H23NO4/c1-18(17-28-20-13-8-5-9-14-20)24(25-19-11-6-4-7-12-19)29-22-16-10-15-21(26-2)23(22)27-3/h4-17H,1-3H3/b18-17+,25-24+. The molecule has 148 valence electrons. The van der Waals surface area contributed by atoms with Gasteiger partial charge in [-0.15, -0.1) is 0 Å². The Kier molecular flexibility index (Phi) is 6.90. The zero-order valence-electron chi connectivity index (χ0n) is 16.7. The lowest BCUT2D eigenvalue weighted by Gasteiger charge is -2.15. The van der Waals surface area contributed by atoms with Crippen LogP contribution in [0, 0.1) is 0 Å². The molecule has 0 aliphatic rings. The SMILES string of the molecule is COc1cccc(OC(=N/c2ccccc2)/C(C)=C/Oc2ccccc2)c1OC. The fourth-order valence-electron chi connectivity index (χ4n) is 2.56. The third-order valence-corrected chi connectivity index (χ3v) is 4.01. The first kappa shape index (κ1) is 20.0. The summed E-state index contributed by atoms with van der Waals surface area (Å²) < 4.78 is 22.7. The molecule has 0 amide bonds.